The smallest absolute Gasteiger partial charge is 0.0553 e. The largest absolute Gasteiger partial charge is 0.338 e. The van der Waals surface area contributed by atoms with E-state index in [0.717, 1.165) is 21.2 Å². The second-order valence-electron chi connectivity index (χ2n) is 5.14. The van der Waals surface area contributed by atoms with Crippen molar-refractivity contribution < 1.29 is 2.74 Å². The van der Waals surface area contributed by atoms with Gasteiger partial charge in [-0.3, -0.25) is 0 Å². The molecule has 1 unspecified atom stereocenters. The average molecular weight is 286 g/mol. The summed E-state index contributed by atoms with van der Waals surface area (Å²) in [5, 5.41) is 0. The minimum Gasteiger partial charge on any atom is -0.338 e. The third kappa shape index (κ3) is 2.43. The highest BCUT2D eigenvalue weighted by Crippen LogP contribution is 2.47. The molecule has 3 rings (SSSR count). The fourth-order valence-electron chi connectivity index (χ4n) is 2.15. The molecule has 0 radical (unpaired) electrons. The summed E-state index contributed by atoms with van der Waals surface area (Å²) in [6, 6.07) is 15.8. The average Bonchev–Trinajstić information content (AvgIpc) is 2.51. The second-order valence-corrected chi connectivity index (χ2v) is 6.23. The maximum atomic E-state index is 8.76. The highest BCUT2D eigenvalue weighted by atomic mass is 32.2. The molecule has 2 aromatic rings. The Bertz CT molecular complexity index is 642. The fourth-order valence-corrected chi connectivity index (χ4v) is 3.20. The Hall–Kier alpha value is -1.45. The number of likely N-dealkylation sites (N-methyl/N-ethyl adjacent to an activating group) is 1. The molecule has 1 aliphatic heterocycles. The van der Waals surface area contributed by atoms with Crippen molar-refractivity contribution >= 4 is 23.1 Å². The number of hydrogen-bond acceptors (Lipinski definition) is 3. The molecule has 0 saturated heterocycles. The van der Waals surface area contributed by atoms with Crippen molar-refractivity contribution in [2.45, 2.75) is 22.8 Å². The lowest BCUT2D eigenvalue weighted by atomic mass is 10.2. The summed E-state index contributed by atoms with van der Waals surface area (Å²) >= 11 is 1.70. The van der Waals surface area contributed by atoms with Crippen molar-refractivity contribution in [2.75, 3.05) is 25.5 Å². The van der Waals surface area contributed by atoms with Crippen LogP contribution in [0.25, 0.3) is 0 Å². The van der Waals surface area contributed by atoms with Crippen molar-refractivity contribution in [3.8, 4) is 0 Å². The predicted octanol–water partition coefficient (Wildman–Crippen LogP) is 4.24. The summed E-state index contributed by atoms with van der Waals surface area (Å²) in [5.41, 5.74) is 1.87. The molecular weight excluding hydrogens is 264 g/mol. The van der Waals surface area contributed by atoms with Gasteiger partial charge in [-0.05, 0) is 45.3 Å². The van der Waals surface area contributed by atoms with Crippen molar-refractivity contribution in [1.82, 2.24) is 4.90 Å². The molecule has 0 bridgehead atoms. The Morgan fingerprint density at radius 3 is 2.05 bits per heavy atom. The van der Waals surface area contributed by atoms with Gasteiger partial charge in [-0.1, -0.05) is 36.0 Å². The van der Waals surface area contributed by atoms with Gasteiger partial charge in [0.1, 0.15) is 0 Å². The number of para-hydroxylation sites is 2. The fraction of sp³-hybridized carbons (Fsp3) is 0.294. The van der Waals surface area contributed by atoms with Gasteiger partial charge in [-0.15, -0.1) is 0 Å². The lowest BCUT2D eigenvalue weighted by Gasteiger charge is -2.36. The molecule has 0 amide bonds. The van der Waals surface area contributed by atoms with Crippen LogP contribution in [0.2, 0.25) is 0 Å². The van der Waals surface area contributed by atoms with E-state index in [2.05, 4.69) is 12.1 Å². The van der Waals surface area contributed by atoms with Gasteiger partial charge < -0.3 is 9.80 Å². The maximum absolute atomic E-state index is 8.76. The van der Waals surface area contributed by atoms with Gasteiger partial charge in [0, 0.05) is 22.3 Å². The number of rotatable bonds is 3. The van der Waals surface area contributed by atoms with E-state index in [1.165, 1.54) is 0 Å². The summed E-state index contributed by atoms with van der Waals surface area (Å²) in [6.07, 6.45) is 0. The first-order valence-corrected chi connectivity index (χ1v) is 7.57. The van der Waals surface area contributed by atoms with E-state index in [-0.39, 0.29) is 6.04 Å². The first kappa shape index (κ1) is 11.2. The number of benzene rings is 2. The topological polar surface area (TPSA) is 6.48 Å². The minimum atomic E-state index is -1.52. The maximum Gasteiger partial charge on any atom is 0.0553 e. The third-order valence-corrected chi connectivity index (χ3v) is 4.65. The van der Waals surface area contributed by atoms with Crippen LogP contribution in [0.1, 0.15) is 9.67 Å². The molecule has 1 heterocycles. The lowest BCUT2D eigenvalue weighted by Crippen LogP contribution is -2.37. The molecule has 104 valence electrons. The van der Waals surface area contributed by atoms with Crippen LogP contribution in [0, 0.1) is 0 Å². The van der Waals surface area contributed by atoms with E-state index in [0.29, 0.717) is 0 Å². The zero-order chi connectivity index (χ0) is 15.9. The zero-order valence-electron chi connectivity index (χ0n) is 14.0. The van der Waals surface area contributed by atoms with Gasteiger partial charge in [0.2, 0.25) is 0 Å². The van der Waals surface area contributed by atoms with Gasteiger partial charge in [-0.2, -0.15) is 0 Å². The van der Waals surface area contributed by atoms with E-state index in [1.54, 1.807) is 11.8 Å². The summed E-state index contributed by atoms with van der Waals surface area (Å²) in [7, 11) is 3.83. The SMILES string of the molecule is [2H]C([2H])(C(C)N(C)C)N1c2ccccc2Sc2ccccc21. The quantitative estimate of drug-likeness (QED) is 0.833. The van der Waals surface area contributed by atoms with E-state index >= 15 is 0 Å². The van der Waals surface area contributed by atoms with E-state index < -0.39 is 6.50 Å². The zero-order valence-corrected chi connectivity index (χ0v) is 12.8. The van der Waals surface area contributed by atoms with Crippen LogP contribution >= 0.6 is 11.8 Å². The Kier molecular flexibility index (Phi) is 3.09. The molecule has 0 N–H and O–H groups in total. The summed E-state index contributed by atoms with van der Waals surface area (Å²) < 4.78 is 17.5. The monoisotopic (exact) mass is 286 g/mol. The van der Waals surface area contributed by atoms with Crippen molar-refractivity contribution in [2.24, 2.45) is 0 Å². The van der Waals surface area contributed by atoms with Crippen molar-refractivity contribution in [3.63, 3.8) is 0 Å². The van der Waals surface area contributed by atoms with Crippen LogP contribution in [0.5, 0.6) is 0 Å². The highest BCUT2D eigenvalue weighted by molar-refractivity contribution is 7.99. The molecule has 3 heteroatoms. The van der Waals surface area contributed by atoms with Gasteiger partial charge in [0.15, 0.2) is 0 Å². The molecule has 0 fully saturated rings. The first-order chi connectivity index (χ1) is 10.4. The minimum absolute atomic E-state index is 0.253. The molecule has 20 heavy (non-hydrogen) atoms. The number of nitrogens with zero attached hydrogens (tertiary/aromatic N) is 2. The van der Waals surface area contributed by atoms with E-state index in [9.17, 15) is 0 Å². The normalized spacial score (nSPS) is 17.1. The Labute approximate surface area is 128 Å². The third-order valence-electron chi connectivity index (χ3n) is 3.52. The van der Waals surface area contributed by atoms with E-state index in [4.69, 9.17) is 2.74 Å². The molecule has 2 nitrogen and oxygen atoms in total. The molecular formula is C17H20N2S. The standard InChI is InChI=1S/C17H20N2S/c1-13(18(2)3)12-19-14-8-4-6-10-16(14)20-17-11-7-5-9-15(17)19/h4-11,13H,12H2,1-3H3/i12D2. The van der Waals surface area contributed by atoms with Gasteiger partial charge >= 0.3 is 0 Å². The number of hydrogen-bond donors (Lipinski definition) is 0. The first-order valence-electron chi connectivity index (χ1n) is 7.75. The summed E-state index contributed by atoms with van der Waals surface area (Å²) in [4.78, 5) is 5.96. The van der Waals surface area contributed by atoms with Crippen LogP contribution in [0.4, 0.5) is 11.4 Å². The molecule has 0 spiro atoms. The van der Waals surface area contributed by atoms with Crippen LogP contribution in [0.15, 0.2) is 58.3 Å². The number of fused-ring (bicyclic) bond motifs is 2. The van der Waals surface area contributed by atoms with Crippen LogP contribution in [-0.2, 0) is 0 Å². The van der Waals surface area contributed by atoms with E-state index in [1.807, 2.05) is 67.2 Å². The molecule has 0 aliphatic carbocycles. The van der Waals surface area contributed by atoms with Crippen LogP contribution in [-0.4, -0.2) is 31.5 Å². The summed E-state index contributed by atoms with van der Waals surface area (Å²) in [5.74, 6) is 0. The van der Waals surface area contributed by atoms with Crippen molar-refractivity contribution in [3.05, 3.63) is 48.5 Å². The Balaban J connectivity index is 2.18. The van der Waals surface area contributed by atoms with Gasteiger partial charge in [-0.25, -0.2) is 0 Å². The lowest BCUT2D eigenvalue weighted by molar-refractivity contribution is 0.319. The van der Waals surface area contributed by atoms with Gasteiger partial charge in [0.05, 0.1) is 14.1 Å². The number of anilines is 2. The predicted molar refractivity (Wildman–Crippen MR) is 87.2 cm³/mol. The Morgan fingerprint density at radius 2 is 1.55 bits per heavy atom. The van der Waals surface area contributed by atoms with Gasteiger partial charge in [0.25, 0.3) is 0 Å². The Morgan fingerprint density at radius 1 is 1.05 bits per heavy atom. The molecule has 0 aromatic heterocycles. The highest BCUT2D eigenvalue weighted by Gasteiger charge is 2.24. The second kappa shape index (κ2) is 5.51. The molecule has 0 saturated carbocycles. The molecule has 1 aliphatic rings. The molecule has 1 atom stereocenters. The van der Waals surface area contributed by atoms with Crippen LogP contribution in [0.3, 0.4) is 0 Å². The molecule has 2 aromatic carbocycles. The van der Waals surface area contributed by atoms with Crippen molar-refractivity contribution in [1.29, 1.82) is 0 Å². The van der Waals surface area contributed by atoms with Crippen LogP contribution < -0.4 is 4.90 Å². The summed E-state index contributed by atoms with van der Waals surface area (Å²) in [6.45, 7) is 0.406.